The van der Waals surface area contributed by atoms with Gasteiger partial charge in [-0.3, -0.25) is 10.1 Å². The van der Waals surface area contributed by atoms with Crippen molar-refractivity contribution in [2.24, 2.45) is 0 Å². The van der Waals surface area contributed by atoms with E-state index in [4.69, 9.17) is 12.2 Å². The van der Waals surface area contributed by atoms with Crippen LogP contribution in [0.1, 0.15) is 15.8 Å². The summed E-state index contributed by atoms with van der Waals surface area (Å²) >= 11 is 8.25. The normalized spacial score (nSPS) is 11.4. The number of hydrogen-bond donors (Lipinski definition) is 3. The Kier molecular flexibility index (Phi) is 7.66. The number of carbonyl (C=O) groups excluding carboxylic acids is 1. The van der Waals surface area contributed by atoms with E-state index >= 15 is 0 Å². The molecule has 0 bridgehead atoms. The number of hydrogen-bond acceptors (Lipinski definition) is 6. The maximum absolute atomic E-state index is 13.2. The number of benzene rings is 3. The molecule has 0 radical (unpaired) electrons. The van der Waals surface area contributed by atoms with Gasteiger partial charge in [0.1, 0.15) is 10.3 Å². The molecule has 33 heavy (non-hydrogen) atoms. The van der Waals surface area contributed by atoms with Crippen molar-refractivity contribution in [2.75, 3.05) is 16.0 Å². The Balaban J connectivity index is 1.49. The van der Waals surface area contributed by atoms with Crippen LogP contribution in [0, 0.1) is 6.92 Å². The van der Waals surface area contributed by atoms with E-state index in [0.717, 1.165) is 26.8 Å². The molecule has 1 heterocycles. The van der Waals surface area contributed by atoms with Crippen LogP contribution in [-0.4, -0.2) is 21.2 Å². The highest BCUT2D eigenvalue weighted by Gasteiger charge is 2.23. The second kappa shape index (κ2) is 11.0. The average Bonchev–Trinajstić information content (AvgIpc) is 3.23. The van der Waals surface area contributed by atoms with E-state index in [1.165, 1.54) is 23.1 Å². The van der Waals surface area contributed by atoms with Crippen LogP contribution in [0.2, 0.25) is 0 Å². The van der Waals surface area contributed by atoms with Crippen LogP contribution >= 0.6 is 35.3 Å². The van der Waals surface area contributed by atoms with Gasteiger partial charge in [-0.2, -0.15) is 0 Å². The molecule has 3 aromatic carbocycles. The molecule has 4 rings (SSSR count). The zero-order valence-corrected chi connectivity index (χ0v) is 20.1. The number of para-hydroxylation sites is 1. The van der Waals surface area contributed by atoms with Crippen molar-refractivity contribution in [3.05, 3.63) is 95.5 Å². The van der Waals surface area contributed by atoms with Gasteiger partial charge in [0.15, 0.2) is 5.11 Å². The van der Waals surface area contributed by atoms with E-state index in [9.17, 15) is 4.79 Å². The number of amides is 1. The molecule has 0 saturated carbocycles. The Hall–Kier alpha value is -3.27. The average molecular weight is 492 g/mol. The first-order valence-electron chi connectivity index (χ1n) is 10.1. The van der Waals surface area contributed by atoms with Crippen LogP contribution in [0.3, 0.4) is 0 Å². The minimum atomic E-state index is -0.458. The Morgan fingerprint density at radius 2 is 1.55 bits per heavy atom. The molecule has 0 spiro atoms. The van der Waals surface area contributed by atoms with Gasteiger partial charge in [0.25, 0.3) is 0 Å². The number of thiocarbonyl (C=S) groups is 1. The van der Waals surface area contributed by atoms with Crippen molar-refractivity contribution < 1.29 is 4.79 Å². The lowest BCUT2D eigenvalue weighted by Gasteiger charge is -2.17. The molecule has 1 aromatic heterocycles. The van der Waals surface area contributed by atoms with Crippen molar-refractivity contribution in [2.45, 2.75) is 17.1 Å². The lowest BCUT2D eigenvalue weighted by molar-refractivity contribution is -0.115. The second-order valence-corrected chi connectivity index (χ2v) is 9.77. The summed E-state index contributed by atoms with van der Waals surface area (Å²) in [5.41, 5.74) is 2.65. The summed E-state index contributed by atoms with van der Waals surface area (Å²) in [5.74, 6) is -0.151. The summed E-state index contributed by atoms with van der Waals surface area (Å²) in [5, 5.41) is 18.6. The predicted octanol–water partition coefficient (Wildman–Crippen LogP) is 6.13. The van der Waals surface area contributed by atoms with Crippen LogP contribution in [-0.2, 0) is 4.79 Å². The fourth-order valence-electron chi connectivity index (χ4n) is 3.02. The largest absolute Gasteiger partial charge is 0.332 e. The van der Waals surface area contributed by atoms with Gasteiger partial charge < -0.3 is 10.6 Å². The molecular formula is C24H21N5OS3. The summed E-state index contributed by atoms with van der Waals surface area (Å²) in [6.07, 6.45) is 0. The van der Waals surface area contributed by atoms with Crippen molar-refractivity contribution in [1.29, 1.82) is 0 Å². The van der Waals surface area contributed by atoms with E-state index in [1.807, 2.05) is 91.9 Å². The number of aromatic nitrogens is 2. The zero-order valence-electron chi connectivity index (χ0n) is 17.7. The lowest BCUT2D eigenvalue weighted by atomic mass is 10.1. The molecule has 4 aromatic rings. The van der Waals surface area contributed by atoms with Gasteiger partial charge in [-0.05, 0) is 55.0 Å². The van der Waals surface area contributed by atoms with Crippen molar-refractivity contribution in [3.63, 3.8) is 0 Å². The molecule has 0 aliphatic carbocycles. The smallest absolute Gasteiger partial charge is 0.244 e. The summed E-state index contributed by atoms with van der Waals surface area (Å²) in [6, 6.07) is 27.2. The topological polar surface area (TPSA) is 78.9 Å². The molecule has 3 N–H and O–H groups in total. The van der Waals surface area contributed by atoms with Gasteiger partial charge in [0.2, 0.25) is 11.0 Å². The third-order valence-corrected chi connectivity index (χ3v) is 6.68. The first-order valence-corrected chi connectivity index (χ1v) is 12.2. The minimum Gasteiger partial charge on any atom is -0.332 e. The van der Waals surface area contributed by atoms with E-state index in [1.54, 1.807) is 0 Å². The highest BCUT2D eigenvalue weighted by molar-refractivity contribution is 8.00. The Labute approximate surface area is 205 Å². The second-order valence-electron chi connectivity index (χ2n) is 7.00. The van der Waals surface area contributed by atoms with Gasteiger partial charge >= 0.3 is 0 Å². The number of nitrogens with one attached hydrogen (secondary N) is 3. The third kappa shape index (κ3) is 6.61. The SMILES string of the molecule is Cc1nnc(NC(=O)C(Sc2cccc(NC(=S)Nc3ccccc3)c2)c2ccccc2)s1. The summed E-state index contributed by atoms with van der Waals surface area (Å²) < 4.78 is 0. The first kappa shape index (κ1) is 22.9. The monoisotopic (exact) mass is 491 g/mol. The molecule has 1 unspecified atom stereocenters. The number of thioether (sulfide) groups is 1. The first-order chi connectivity index (χ1) is 16.1. The fraction of sp³-hybridized carbons (Fsp3) is 0.0833. The molecule has 0 saturated heterocycles. The highest BCUT2D eigenvalue weighted by atomic mass is 32.2. The maximum Gasteiger partial charge on any atom is 0.244 e. The van der Waals surface area contributed by atoms with E-state index in [2.05, 4.69) is 26.1 Å². The molecule has 9 heteroatoms. The Morgan fingerprint density at radius 3 is 2.24 bits per heavy atom. The molecule has 0 fully saturated rings. The number of carbonyl (C=O) groups is 1. The molecular weight excluding hydrogens is 470 g/mol. The molecule has 6 nitrogen and oxygen atoms in total. The van der Waals surface area contributed by atoms with Crippen LogP contribution in [0.4, 0.5) is 16.5 Å². The highest BCUT2D eigenvalue weighted by Crippen LogP contribution is 2.37. The van der Waals surface area contributed by atoms with Gasteiger partial charge in [0.05, 0.1) is 0 Å². The summed E-state index contributed by atoms with van der Waals surface area (Å²) in [4.78, 5) is 14.1. The van der Waals surface area contributed by atoms with Crippen molar-refractivity contribution in [1.82, 2.24) is 10.2 Å². The minimum absolute atomic E-state index is 0.151. The van der Waals surface area contributed by atoms with E-state index < -0.39 is 5.25 Å². The number of anilines is 3. The van der Waals surface area contributed by atoms with E-state index in [-0.39, 0.29) is 5.91 Å². The fourth-order valence-corrected chi connectivity index (χ4v) is 4.93. The van der Waals surface area contributed by atoms with Crippen molar-refractivity contribution >= 4 is 62.8 Å². The molecule has 1 atom stereocenters. The number of aryl methyl sites for hydroxylation is 1. The van der Waals surface area contributed by atoms with Crippen LogP contribution in [0.5, 0.6) is 0 Å². The van der Waals surface area contributed by atoms with Crippen LogP contribution < -0.4 is 16.0 Å². The molecule has 0 aliphatic heterocycles. The zero-order chi connectivity index (χ0) is 23.0. The Bertz CT molecular complexity index is 1230. The van der Waals surface area contributed by atoms with Gasteiger partial charge in [0, 0.05) is 16.3 Å². The number of rotatable bonds is 7. The maximum atomic E-state index is 13.2. The molecule has 1 amide bonds. The van der Waals surface area contributed by atoms with Gasteiger partial charge in [-0.25, -0.2) is 0 Å². The van der Waals surface area contributed by atoms with Crippen LogP contribution in [0.25, 0.3) is 0 Å². The lowest BCUT2D eigenvalue weighted by Crippen LogP contribution is -2.19. The molecule has 166 valence electrons. The Morgan fingerprint density at radius 1 is 0.879 bits per heavy atom. The predicted molar refractivity (Wildman–Crippen MR) is 141 cm³/mol. The van der Waals surface area contributed by atoms with Crippen LogP contribution in [0.15, 0.2) is 89.8 Å². The van der Waals surface area contributed by atoms with E-state index in [0.29, 0.717) is 10.2 Å². The summed E-state index contributed by atoms with van der Waals surface area (Å²) in [7, 11) is 0. The third-order valence-electron chi connectivity index (χ3n) is 4.47. The van der Waals surface area contributed by atoms with Crippen molar-refractivity contribution in [3.8, 4) is 0 Å². The quantitative estimate of drug-likeness (QED) is 0.212. The number of nitrogens with zero attached hydrogens (tertiary/aromatic N) is 2. The molecule has 0 aliphatic rings. The standard InChI is InChI=1S/C24H21N5OS3/c1-16-28-29-24(32-16)27-22(30)21(17-9-4-2-5-10-17)33-20-14-8-13-19(15-20)26-23(31)25-18-11-6-3-7-12-18/h2-15,21H,1H3,(H2,25,26,31)(H,27,29,30). The summed E-state index contributed by atoms with van der Waals surface area (Å²) in [6.45, 7) is 1.85. The van der Waals surface area contributed by atoms with Gasteiger partial charge in [-0.15, -0.1) is 22.0 Å². The van der Waals surface area contributed by atoms with Gasteiger partial charge in [-0.1, -0.05) is 65.9 Å².